The van der Waals surface area contributed by atoms with Crippen molar-refractivity contribution in [2.24, 2.45) is 11.8 Å². The first kappa shape index (κ1) is 89.6. The van der Waals surface area contributed by atoms with Crippen LogP contribution in [0.3, 0.4) is 0 Å². The minimum Gasteiger partial charge on any atom is -0.756 e. The van der Waals surface area contributed by atoms with E-state index in [4.69, 9.17) is 31.7 Å². The van der Waals surface area contributed by atoms with E-state index in [1.54, 1.807) is 4.90 Å². The quantitative estimate of drug-likeness (QED) is 0.0704. The number of likely N-dealkylation sites (N-methyl/N-ethyl adjacent to an activating group) is 2. The van der Waals surface area contributed by atoms with Crippen LogP contribution in [-0.2, 0) is 31.2 Å². The zero-order valence-corrected chi connectivity index (χ0v) is 41.6. The van der Waals surface area contributed by atoms with Gasteiger partial charge in [0.05, 0.1) is 93.9 Å². The average molecular weight is 941 g/mol. The summed E-state index contributed by atoms with van der Waals surface area (Å²) in [5.41, 5.74) is 0. The Labute approximate surface area is 389 Å². The van der Waals surface area contributed by atoms with Crippen molar-refractivity contribution in [2.45, 2.75) is 177 Å². The molecule has 0 aromatic heterocycles. The molecule has 16 heteroatoms. The maximum Gasteiger partial charge on any atom is 0.265 e. The standard InChI is InChI=1S/2C8H20NO.C8H20N.C6H13NOS.C4H8OS2.C3H9O4P.6CH4/c1-7(2)8(6-10)9(3,4)5;1-7(2)8(10)6-9(3,4)5;1-6-7-9(4,5)8(2)3;1-5(2)8-6(9)7(3)4;1-3(2)5-4(6)7;1-3(2)7-8(4,5)6;;;;;;/h2*7-8,10H,6H2,1-5H3;8H,6-7H2,1-5H3;5H,1-4H3;3H,1-2H3,(H,6,7);3H,1-2H3,(H2,4,5,6);6*1H4/q3*+1;;;;;;;;;/p-2. The third kappa shape index (κ3) is 78.7. The first-order valence-corrected chi connectivity index (χ1v) is 21.2. The summed E-state index contributed by atoms with van der Waals surface area (Å²) >= 11 is 13.8. The maximum atomic E-state index is 9.80. The molecule has 59 heavy (non-hydrogen) atoms. The molecule has 0 heterocycles. The van der Waals surface area contributed by atoms with E-state index >= 15 is 0 Å². The molecule has 0 aliphatic carbocycles. The monoisotopic (exact) mass is 940 g/mol. The van der Waals surface area contributed by atoms with Crippen LogP contribution in [0, 0.1) is 11.8 Å². The van der Waals surface area contributed by atoms with Gasteiger partial charge in [-0.1, -0.05) is 79.2 Å². The number of aliphatic hydroxyl groups excluding tert-OH is 2. The van der Waals surface area contributed by atoms with Crippen LogP contribution in [0.2, 0.25) is 0 Å². The molecule has 0 fully saturated rings. The van der Waals surface area contributed by atoms with Crippen molar-refractivity contribution in [2.75, 3.05) is 90.2 Å². The van der Waals surface area contributed by atoms with Gasteiger partial charge in [0.15, 0.2) is 0 Å². The summed E-state index contributed by atoms with van der Waals surface area (Å²) in [5.74, 6) is 0.919. The predicted octanol–water partition coefficient (Wildman–Crippen LogP) is 9.49. The second-order valence-electron chi connectivity index (χ2n) is 17.4. The van der Waals surface area contributed by atoms with Crippen LogP contribution in [0.4, 0.5) is 0 Å². The molecule has 0 aromatic carbocycles. The molecule has 3 unspecified atom stereocenters. The molecule has 0 saturated heterocycles. The molecule has 0 rings (SSSR count). The van der Waals surface area contributed by atoms with E-state index in [1.807, 2.05) is 55.6 Å². The Hall–Kier alpha value is -0.290. The summed E-state index contributed by atoms with van der Waals surface area (Å²) in [6, 6.07) is 1.12. The third-order valence-corrected chi connectivity index (χ3v) is 8.37. The number of thiocarbonyl (C=S) groups is 2. The molecule has 0 saturated carbocycles. The zero-order valence-electron chi connectivity index (χ0n) is 38.3. The van der Waals surface area contributed by atoms with Gasteiger partial charge in [0, 0.05) is 24.4 Å². The van der Waals surface area contributed by atoms with Crippen LogP contribution in [0.25, 0.3) is 0 Å². The normalized spacial score (nSPS) is 12.4. The molecule has 0 aliphatic heterocycles. The SMILES string of the molecule is C.C.C.C.C.C.CC(C)C(CO)[N+](C)(C)C.CC(C)C(O)C[N+](C)(C)C.CC(C)OC(=S)N(C)C.CC(C)OC(=S)[S-].CC(C)OP(=O)([O-])O.CCC[N+](C)(C)C(C)C. The number of nitrogens with zero attached hydrogens (tertiary/aromatic N) is 4. The van der Waals surface area contributed by atoms with E-state index in [9.17, 15) is 14.6 Å². The lowest BCUT2D eigenvalue weighted by Gasteiger charge is -2.35. The highest BCUT2D eigenvalue weighted by Crippen LogP contribution is 2.31. The van der Waals surface area contributed by atoms with Gasteiger partial charge < -0.3 is 77.2 Å². The summed E-state index contributed by atoms with van der Waals surface area (Å²) in [5, 5.41) is 19.0. The molecular weight excluding hydrogens is 828 g/mol. The minimum atomic E-state index is -4.47. The highest BCUT2D eigenvalue weighted by molar-refractivity contribution is 7.99. The summed E-state index contributed by atoms with van der Waals surface area (Å²) in [6.45, 7) is 28.3. The Morgan fingerprint density at radius 3 is 1.14 bits per heavy atom. The number of ether oxygens (including phenoxy) is 2. The number of phosphoric acid groups is 1. The second-order valence-corrected chi connectivity index (χ2v) is 19.9. The predicted molar refractivity (Wildman–Crippen MR) is 275 cm³/mol. The van der Waals surface area contributed by atoms with Crippen molar-refractivity contribution in [3.63, 3.8) is 0 Å². The van der Waals surface area contributed by atoms with Crippen molar-refractivity contribution in [1.82, 2.24) is 4.90 Å². The van der Waals surface area contributed by atoms with Crippen LogP contribution in [0.1, 0.15) is 141 Å². The van der Waals surface area contributed by atoms with Gasteiger partial charge in [0.1, 0.15) is 18.7 Å². The van der Waals surface area contributed by atoms with E-state index in [2.05, 4.69) is 120 Å². The Morgan fingerprint density at radius 1 is 0.729 bits per heavy atom. The van der Waals surface area contributed by atoms with E-state index < -0.39 is 13.9 Å². The molecule has 3 N–H and O–H groups in total. The largest absolute Gasteiger partial charge is 0.756 e. The zero-order chi connectivity index (χ0) is 44.3. The Kier molecular flexibility index (Phi) is 69.5. The van der Waals surface area contributed by atoms with Crippen LogP contribution in [0.5, 0.6) is 0 Å². The van der Waals surface area contributed by atoms with E-state index in [1.165, 1.54) is 26.8 Å². The topological polar surface area (TPSA) is 132 Å². The Balaban J connectivity index is -0.0000000442. The molecule has 0 bridgehead atoms. The summed E-state index contributed by atoms with van der Waals surface area (Å²) < 4.78 is 26.8. The number of hydrogen-bond donors (Lipinski definition) is 3. The van der Waals surface area contributed by atoms with E-state index in [0.29, 0.717) is 23.1 Å². The lowest BCUT2D eigenvalue weighted by atomic mass is 10.0. The minimum absolute atomic E-state index is 0. The number of rotatable bonds is 13. The summed E-state index contributed by atoms with van der Waals surface area (Å²) in [7, 11) is 16.4. The molecule has 374 valence electrons. The maximum absolute atomic E-state index is 9.80. The van der Waals surface area contributed by atoms with Crippen molar-refractivity contribution in [1.29, 1.82) is 0 Å². The second kappa shape index (κ2) is 45.7. The van der Waals surface area contributed by atoms with Crippen LogP contribution < -0.4 is 4.89 Å². The average Bonchev–Trinajstić information content (AvgIpc) is 2.86. The lowest BCUT2D eigenvalue weighted by molar-refractivity contribution is -0.911. The fourth-order valence-electron chi connectivity index (χ4n) is 3.72. The van der Waals surface area contributed by atoms with Gasteiger partial charge in [-0.3, -0.25) is 4.57 Å². The van der Waals surface area contributed by atoms with E-state index in [-0.39, 0.29) is 73.9 Å². The molecule has 0 aliphatic rings. The number of quaternary nitrogens is 3. The van der Waals surface area contributed by atoms with Gasteiger partial charge in [0.25, 0.3) is 13.0 Å². The van der Waals surface area contributed by atoms with Crippen LogP contribution in [0.15, 0.2) is 0 Å². The van der Waals surface area contributed by atoms with Gasteiger partial charge in [-0.2, -0.15) is 0 Å². The summed E-state index contributed by atoms with van der Waals surface area (Å²) in [6.07, 6.45) is 0.943. The van der Waals surface area contributed by atoms with Crippen molar-refractivity contribution in [3.8, 4) is 0 Å². The highest BCUT2D eigenvalue weighted by Gasteiger charge is 2.25. The molecule has 0 amide bonds. The number of phosphoric ester groups is 1. The fourth-order valence-corrected chi connectivity index (χ4v) is 4.83. The van der Waals surface area contributed by atoms with Crippen molar-refractivity contribution < 1.29 is 52.0 Å². The van der Waals surface area contributed by atoms with Gasteiger partial charge in [-0.15, -0.1) is 0 Å². The molecule has 12 nitrogen and oxygen atoms in total. The van der Waals surface area contributed by atoms with Gasteiger partial charge in [-0.05, 0) is 79.9 Å². The van der Waals surface area contributed by atoms with Crippen LogP contribution >= 0.6 is 32.3 Å². The molecule has 0 radical (unpaired) electrons. The number of hydrogen-bond acceptors (Lipinski definition) is 10. The molecule has 0 spiro atoms. The smallest absolute Gasteiger partial charge is 0.265 e. The van der Waals surface area contributed by atoms with Gasteiger partial charge in [0.2, 0.25) is 0 Å². The van der Waals surface area contributed by atoms with Crippen molar-refractivity contribution >= 4 is 54.4 Å². The Bertz CT molecular complexity index is 939. The summed E-state index contributed by atoms with van der Waals surface area (Å²) in [4.78, 5) is 19.5. The van der Waals surface area contributed by atoms with Gasteiger partial charge >= 0.3 is 0 Å². The first-order valence-electron chi connectivity index (χ1n) is 18.5. The van der Waals surface area contributed by atoms with Crippen molar-refractivity contribution in [3.05, 3.63) is 0 Å². The van der Waals surface area contributed by atoms with Crippen LogP contribution in [-0.4, -0.2) is 170 Å². The molecule has 0 aromatic rings. The lowest BCUT2D eigenvalue weighted by Crippen LogP contribution is -2.50. The van der Waals surface area contributed by atoms with E-state index in [0.717, 1.165) is 26.0 Å². The first-order chi connectivity index (χ1) is 23.3. The molecular formula is C43H112N4O8PS3+. The third-order valence-electron chi connectivity index (χ3n) is 7.03. The van der Waals surface area contributed by atoms with Gasteiger partial charge in [-0.25, -0.2) is 0 Å². The fraction of sp³-hybridized carbons (Fsp3) is 0.953. The number of aliphatic hydroxyl groups is 2. The molecule has 3 atom stereocenters. The Morgan fingerprint density at radius 2 is 1.08 bits per heavy atom. The highest BCUT2D eigenvalue weighted by atomic mass is 32.1.